The summed E-state index contributed by atoms with van der Waals surface area (Å²) in [6.45, 7) is 3.16. The van der Waals surface area contributed by atoms with Crippen LogP contribution in [0.4, 0.5) is 0 Å². The SMILES string of the molecule is Cc1ccc(S(=O)(=O)O[C@@H]2[C@H](OS(=O)(=O)c3ccc(C)cc3)[C@@H](COC(c3ccccc3)(c3ccccc3)c3ccccc3)O[C@H]2n2ccc(=O)[nH]c2=O)cc1. The minimum atomic E-state index is -4.66. The fourth-order valence-corrected chi connectivity index (χ4v) is 8.89. The van der Waals surface area contributed by atoms with Gasteiger partial charge in [-0.15, -0.1) is 0 Å². The van der Waals surface area contributed by atoms with Crippen molar-refractivity contribution in [1.82, 2.24) is 9.55 Å². The van der Waals surface area contributed by atoms with E-state index in [9.17, 15) is 26.4 Å². The predicted molar refractivity (Wildman–Crippen MR) is 207 cm³/mol. The highest BCUT2D eigenvalue weighted by Gasteiger charge is 2.53. The molecule has 7 rings (SSSR count). The molecule has 5 aromatic carbocycles. The Morgan fingerprint density at radius 3 is 1.46 bits per heavy atom. The van der Waals surface area contributed by atoms with Gasteiger partial charge in [-0.3, -0.25) is 22.7 Å². The molecule has 0 aliphatic carbocycles. The van der Waals surface area contributed by atoms with Crippen LogP contribution in [-0.4, -0.2) is 51.3 Å². The molecule has 1 fully saturated rings. The average Bonchev–Trinajstić information content (AvgIpc) is 3.51. The molecule has 0 unspecified atom stereocenters. The summed E-state index contributed by atoms with van der Waals surface area (Å²) in [7, 11) is -9.30. The Balaban J connectivity index is 1.38. The van der Waals surface area contributed by atoms with Gasteiger partial charge in [0.1, 0.15) is 17.8 Å². The van der Waals surface area contributed by atoms with E-state index in [-0.39, 0.29) is 9.79 Å². The highest BCUT2D eigenvalue weighted by Crippen LogP contribution is 2.43. The van der Waals surface area contributed by atoms with E-state index in [1.807, 2.05) is 91.0 Å². The molecule has 0 bridgehead atoms. The van der Waals surface area contributed by atoms with Crippen molar-refractivity contribution < 1.29 is 34.7 Å². The maximum absolute atomic E-state index is 14.0. The third-order valence-electron chi connectivity index (χ3n) is 9.51. The minimum Gasteiger partial charge on any atom is -0.358 e. The van der Waals surface area contributed by atoms with Crippen molar-refractivity contribution in [2.75, 3.05) is 6.61 Å². The lowest BCUT2D eigenvalue weighted by Crippen LogP contribution is -2.44. The molecule has 12 nitrogen and oxygen atoms in total. The maximum atomic E-state index is 14.0. The zero-order valence-corrected chi connectivity index (χ0v) is 31.9. The number of nitrogens with one attached hydrogen (secondary N) is 1. The first-order valence-corrected chi connectivity index (χ1v) is 20.5. The Hall–Kier alpha value is -5.48. The minimum absolute atomic E-state index is 0.209. The Kier molecular flexibility index (Phi) is 11.0. The molecule has 0 radical (unpaired) electrons. The second kappa shape index (κ2) is 15.9. The molecule has 1 saturated heterocycles. The Morgan fingerprint density at radius 1 is 0.607 bits per heavy atom. The van der Waals surface area contributed by atoms with Crippen molar-refractivity contribution in [3.8, 4) is 0 Å². The van der Waals surface area contributed by atoms with Crippen LogP contribution in [0.5, 0.6) is 0 Å². The molecule has 56 heavy (non-hydrogen) atoms. The number of hydrogen-bond acceptors (Lipinski definition) is 10. The van der Waals surface area contributed by atoms with E-state index < -0.39 is 68.2 Å². The van der Waals surface area contributed by atoms with E-state index in [0.717, 1.165) is 44.6 Å². The summed E-state index contributed by atoms with van der Waals surface area (Å²) in [5, 5.41) is 0. The highest BCUT2D eigenvalue weighted by molar-refractivity contribution is 7.87. The van der Waals surface area contributed by atoms with Crippen LogP contribution in [0.25, 0.3) is 0 Å². The number of ether oxygens (including phenoxy) is 2. The third kappa shape index (κ3) is 7.93. The lowest BCUT2D eigenvalue weighted by Gasteiger charge is -2.37. The average molecular weight is 795 g/mol. The first-order chi connectivity index (χ1) is 26.9. The number of hydrogen-bond donors (Lipinski definition) is 1. The highest BCUT2D eigenvalue weighted by atomic mass is 32.2. The number of aryl methyl sites for hydroxylation is 2. The van der Waals surface area contributed by atoms with Crippen molar-refractivity contribution >= 4 is 20.2 Å². The van der Waals surface area contributed by atoms with Crippen molar-refractivity contribution in [3.63, 3.8) is 0 Å². The van der Waals surface area contributed by atoms with Crippen LogP contribution in [0, 0.1) is 13.8 Å². The second-order valence-corrected chi connectivity index (χ2v) is 16.5. The van der Waals surface area contributed by atoms with Crippen LogP contribution in [-0.2, 0) is 43.7 Å². The monoisotopic (exact) mass is 794 g/mol. The number of nitrogens with zero attached hydrogens (tertiary/aromatic N) is 1. The topological polar surface area (TPSA) is 160 Å². The lowest BCUT2D eigenvalue weighted by molar-refractivity contribution is -0.0930. The van der Waals surface area contributed by atoms with E-state index >= 15 is 0 Å². The van der Waals surface area contributed by atoms with Gasteiger partial charge in [0.15, 0.2) is 12.3 Å². The van der Waals surface area contributed by atoms with Crippen LogP contribution in [0.1, 0.15) is 34.0 Å². The normalized spacial score (nSPS) is 18.8. The van der Waals surface area contributed by atoms with Crippen LogP contribution in [0.3, 0.4) is 0 Å². The molecule has 288 valence electrons. The number of benzene rings is 5. The molecular formula is C42H38N2O10S2. The zero-order chi connectivity index (χ0) is 39.5. The first-order valence-electron chi connectivity index (χ1n) is 17.6. The molecule has 14 heteroatoms. The second-order valence-electron chi connectivity index (χ2n) is 13.3. The van der Waals surface area contributed by atoms with Gasteiger partial charge in [0.05, 0.1) is 16.4 Å². The van der Waals surface area contributed by atoms with Gasteiger partial charge < -0.3 is 9.47 Å². The van der Waals surface area contributed by atoms with E-state index in [0.29, 0.717) is 0 Å². The molecular weight excluding hydrogens is 757 g/mol. The molecule has 0 spiro atoms. The fraction of sp³-hybridized carbons (Fsp3) is 0.190. The Bertz CT molecular complexity index is 2520. The van der Waals surface area contributed by atoms with Crippen LogP contribution in [0.2, 0.25) is 0 Å². The van der Waals surface area contributed by atoms with Crippen molar-refractivity contribution in [3.05, 3.63) is 200 Å². The molecule has 1 aliphatic rings. The van der Waals surface area contributed by atoms with Crippen LogP contribution >= 0.6 is 0 Å². The third-order valence-corrected chi connectivity index (χ3v) is 12.2. The standard InChI is InChI=1S/C42H38N2O10S2/c1-29-18-22-34(23-19-29)55(47,48)53-38-36(28-51-42(31-12-6-3-7-13-31,32-14-8-4-9-15-32)33-16-10-5-11-17-33)52-40(44-27-26-37(45)43-41(44)46)39(38)54-56(49,50)35-24-20-30(2)21-25-35/h3-27,36,38-40H,28H2,1-2H3,(H,43,45,46)/t36-,38-,39-,40-/m1/s1. The quantitative estimate of drug-likeness (QED) is 0.115. The van der Waals surface area contributed by atoms with Gasteiger partial charge in [0.25, 0.3) is 25.8 Å². The first kappa shape index (κ1) is 38.8. The molecule has 4 atom stereocenters. The summed E-state index contributed by atoms with van der Waals surface area (Å²) in [6, 6.07) is 41.0. The van der Waals surface area contributed by atoms with Gasteiger partial charge in [-0.25, -0.2) is 4.79 Å². The summed E-state index contributed by atoms with van der Waals surface area (Å²) >= 11 is 0. The number of rotatable bonds is 13. The van der Waals surface area contributed by atoms with Crippen molar-refractivity contribution in [2.24, 2.45) is 0 Å². The van der Waals surface area contributed by atoms with Crippen molar-refractivity contribution in [1.29, 1.82) is 0 Å². The molecule has 1 aliphatic heterocycles. The summed E-state index contributed by atoms with van der Waals surface area (Å²) in [4.78, 5) is 27.1. The Morgan fingerprint density at radius 2 is 1.04 bits per heavy atom. The van der Waals surface area contributed by atoms with E-state index in [1.54, 1.807) is 38.1 Å². The van der Waals surface area contributed by atoms with Crippen LogP contribution in [0.15, 0.2) is 171 Å². The largest absolute Gasteiger partial charge is 0.358 e. The van der Waals surface area contributed by atoms with Gasteiger partial charge in [-0.2, -0.15) is 16.8 Å². The maximum Gasteiger partial charge on any atom is 0.330 e. The molecule has 0 saturated carbocycles. The fourth-order valence-electron chi connectivity index (χ4n) is 6.70. The molecule has 1 aromatic heterocycles. The summed E-state index contributed by atoms with van der Waals surface area (Å²) in [5.41, 5.74) is 0.758. The number of aromatic amines is 1. The van der Waals surface area contributed by atoms with Gasteiger partial charge in [-0.05, 0) is 54.8 Å². The smallest absolute Gasteiger partial charge is 0.330 e. The zero-order valence-electron chi connectivity index (χ0n) is 30.3. The summed E-state index contributed by atoms with van der Waals surface area (Å²) in [5.74, 6) is 0. The van der Waals surface area contributed by atoms with Gasteiger partial charge in [-0.1, -0.05) is 126 Å². The molecule has 0 amide bonds. The van der Waals surface area contributed by atoms with Gasteiger partial charge >= 0.3 is 5.69 Å². The number of H-pyrrole nitrogens is 1. The summed E-state index contributed by atoms with van der Waals surface area (Å²) in [6.07, 6.45) is -5.46. The molecule has 2 heterocycles. The van der Waals surface area contributed by atoms with E-state index in [1.165, 1.54) is 24.3 Å². The van der Waals surface area contributed by atoms with Crippen LogP contribution < -0.4 is 11.2 Å². The van der Waals surface area contributed by atoms with E-state index in [2.05, 4.69) is 4.98 Å². The molecule has 1 N–H and O–H groups in total. The lowest BCUT2D eigenvalue weighted by atomic mass is 9.80. The molecule has 6 aromatic rings. The predicted octanol–water partition coefficient (Wildman–Crippen LogP) is 5.61. The van der Waals surface area contributed by atoms with Crippen molar-refractivity contribution in [2.45, 2.75) is 53.8 Å². The Labute approximate surface area is 324 Å². The number of aromatic nitrogens is 2. The van der Waals surface area contributed by atoms with Gasteiger partial charge in [0, 0.05) is 12.3 Å². The van der Waals surface area contributed by atoms with E-state index in [4.69, 9.17) is 17.8 Å². The summed E-state index contributed by atoms with van der Waals surface area (Å²) < 4.78 is 82.1. The van der Waals surface area contributed by atoms with Gasteiger partial charge in [0.2, 0.25) is 0 Å².